The molecule has 164 valence electrons. The zero-order valence-corrected chi connectivity index (χ0v) is 17.6. The van der Waals surface area contributed by atoms with Gasteiger partial charge in [-0.1, -0.05) is 12.1 Å². The van der Waals surface area contributed by atoms with E-state index in [1.54, 1.807) is 37.1 Å². The molecule has 31 heavy (non-hydrogen) atoms. The third-order valence-electron chi connectivity index (χ3n) is 5.58. The van der Waals surface area contributed by atoms with Crippen LogP contribution >= 0.6 is 0 Å². The smallest absolute Gasteiger partial charge is 0.265 e. The van der Waals surface area contributed by atoms with Gasteiger partial charge in [0.25, 0.3) is 11.5 Å². The Morgan fingerprint density at radius 1 is 1.23 bits per heavy atom. The van der Waals surface area contributed by atoms with Crippen LogP contribution in [0.2, 0.25) is 0 Å². The van der Waals surface area contributed by atoms with Crippen LogP contribution in [0, 0.1) is 12.7 Å². The van der Waals surface area contributed by atoms with Crippen LogP contribution in [0.3, 0.4) is 0 Å². The number of amides is 1. The molecule has 1 amide bonds. The fourth-order valence-corrected chi connectivity index (χ4v) is 3.95. The first kappa shape index (κ1) is 21.0. The number of ether oxygens (including phenoxy) is 1. The lowest BCUT2D eigenvalue weighted by Gasteiger charge is -2.36. The predicted molar refractivity (Wildman–Crippen MR) is 114 cm³/mol. The maximum Gasteiger partial charge on any atom is 0.265 e. The number of aryl methyl sites for hydroxylation is 2. The van der Waals surface area contributed by atoms with Crippen molar-refractivity contribution >= 4 is 22.7 Å². The van der Waals surface area contributed by atoms with Crippen LogP contribution in [0.4, 0.5) is 10.1 Å². The van der Waals surface area contributed by atoms with E-state index in [1.807, 2.05) is 4.90 Å². The molecule has 1 saturated heterocycles. The first-order valence-corrected chi connectivity index (χ1v) is 10.3. The van der Waals surface area contributed by atoms with Gasteiger partial charge in [-0.2, -0.15) is 0 Å². The highest BCUT2D eigenvalue weighted by molar-refractivity contribution is 6.06. The van der Waals surface area contributed by atoms with Gasteiger partial charge < -0.3 is 19.0 Å². The van der Waals surface area contributed by atoms with Crippen molar-refractivity contribution in [2.75, 3.05) is 44.8 Å². The largest absolute Gasteiger partial charge is 0.442 e. The lowest BCUT2D eigenvalue weighted by atomic mass is 10.1. The maximum absolute atomic E-state index is 14.1. The maximum atomic E-state index is 14.1. The van der Waals surface area contributed by atoms with Crippen molar-refractivity contribution in [2.45, 2.75) is 19.9 Å². The van der Waals surface area contributed by atoms with Crippen LogP contribution < -0.4 is 10.5 Å². The van der Waals surface area contributed by atoms with Gasteiger partial charge in [-0.15, -0.1) is 0 Å². The molecule has 1 fully saturated rings. The highest BCUT2D eigenvalue weighted by atomic mass is 19.1. The molecule has 3 heterocycles. The summed E-state index contributed by atoms with van der Waals surface area (Å²) in [5.74, 6) is -0.173. The number of piperazine rings is 1. The fraction of sp³-hybridized carbons (Fsp3) is 0.409. The summed E-state index contributed by atoms with van der Waals surface area (Å²) in [7, 11) is 1.60. The quantitative estimate of drug-likeness (QED) is 0.561. The second-order valence-electron chi connectivity index (χ2n) is 7.53. The fourth-order valence-electron chi connectivity index (χ4n) is 3.95. The number of carbonyl (C=O) groups is 1. The van der Waals surface area contributed by atoms with E-state index < -0.39 is 0 Å². The van der Waals surface area contributed by atoms with E-state index in [9.17, 15) is 14.0 Å². The summed E-state index contributed by atoms with van der Waals surface area (Å²) < 4.78 is 26.2. The topological polar surface area (TPSA) is 80.8 Å². The number of halogens is 1. The summed E-state index contributed by atoms with van der Waals surface area (Å²) in [4.78, 5) is 34.2. The molecule has 0 unspecified atom stereocenters. The molecule has 4 rings (SSSR count). The van der Waals surface area contributed by atoms with E-state index >= 15 is 0 Å². The number of benzene rings is 1. The van der Waals surface area contributed by atoms with Crippen molar-refractivity contribution in [1.82, 2.24) is 14.5 Å². The van der Waals surface area contributed by atoms with E-state index in [4.69, 9.17) is 9.15 Å². The SMILES string of the molecule is COCCCn1cnc2oc(C)c(C(=O)N3CCN(c4ccccc4F)CC3)c2c1=O. The molecule has 0 spiro atoms. The minimum absolute atomic E-state index is 0.166. The minimum atomic E-state index is -0.300. The summed E-state index contributed by atoms with van der Waals surface area (Å²) in [6, 6.07) is 6.61. The normalized spacial score (nSPS) is 14.4. The van der Waals surface area contributed by atoms with Gasteiger partial charge >= 0.3 is 0 Å². The summed E-state index contributed by atoms with van der Waals surface area (Å²) in [6.45, 7) is 4.46. The van der Waals surface area contributed by atoms with Gasteiger partial charge in [0.15, 0.2) is 0 Å². The molecule has 0 saturated carbocycles. The molecule has 8 nitrogen and oxygen atoms in total. The number of para-hydroxylation sites is 1. The molecule has 1 aliphatic rings. The van der Waals surface area contributed by atoms with Gasteiger partial charge in [-0.3, -0.25) is 14.2 Å². The average Bonchev–Trinajstić information content (AvgIpc) is 3.12. The summed E-state index contributed by atoms with van der Waals surface area (Å²) in [5.41, 5.74) is 0.653. The summed E-state index contributed by atoms with van der Waals surface area (Å²) in [5, 5.41) is 0.207. The highest BCUT2D eigenvalue weighted by Crippen LogP contribution is 2.25. The number of fused-ring (bicyclic) bond motifs is 1. The Kier molecular flexibility index (Phi) is 6.03. The summed E-state index contributed by atoms with van der Waals surface area (Å²) >= 11 is 0. The molecule has 0 atom stereocenters. The number of aromatic nitrogens is 2. The first-order valence-electron chi connectivity index (χ1n) is 10.3. The van der Waals surface area contributed by atoms with E-state index in [1.165, 1.54) is 17.0 Å². The van der Waals surface area contributed by atoms with Gasteiger partial charge in [-0.25, -0.2) is 9.37 Å². The zero-order valence-electron chi connectivity index (χ0n) is 17.6. The van der Waals surface area contributed by atoms with Crippen molar-refractivity contribution in [3.63, 3.8) is 0 Å². The van der Waals surface area contributed by atoms with E-state index in [0.29, 0.717) is 57.2 Å². The summed E-state index contributed by atoms with van der Waals surface area (Å²) in [6.07, 6.45) is 2.09. The van der Waals surface area contributed by atoms with Crippen molar-refractivity contribution in [2.24, 2.45) is 0 Å². The van der Waals surface area contributed by atoms with Gasteiger partial charge in [0, 0.05) is 46.4 Å². The Labute approximate surface area is 178 Å². The Morgan fingerprint density at radius 3 is 2.68 bits per heavy atom. The first-order chi connectivity index (χ1) is 15.0. The van der Waals surface area contributed by atoms with E-state index in [2.05, 4.69) is 4.98 Å². The van der Waals surface area contributed by atoms with Crippen LogP contribution in [-0.2, 0) is 11.3 Å². The third kappa shape index (κ3) is 4.05. The second-order valence-corrected chi connectivity index (χ2v) is 7.53. The molecular weight excluding hydrogens is 403 g/mol. The lowest BCUT2D eigenvalue weighted by Crippen LogP contribution is -2.49. The molecule has 0 aliphatic carbocycles. The van der Waals surface area contributed by atoms with Crippen LogP contribution in [-0.4, -0.2) is 60.3 Å². The number of rotatable bonds is 6. The number of hydrogen-bond donors (Lipinski definition) is 0. The number of nitrogens with zero attached hydrogens (tertiary/aromatic N) is 4. The van der Waals surface area contributed by atoms with Crippen molar-refractivity contribution in [1.29, 1.82) is 0 Å². The van der Waals surface area contributed by atoms with Crippen LogP contribution in [0.25, 0.3) is 11.1 Å². The monoisotopic (exact) mass is 428 g/mol. The van der Waals surface area contributed by atoms with Gasteiger partial charge in [-0.05, 0) is 25.5 Å². The molecule has 0 N–H and O–H groups in total. The van der Waals surface area contributed by atoms with Crippen molar-refractivity contribution in [3.05, 3.63) is 58.1 Å². The standard InChI is InChI=1S/C22H25FN4O4/c1-15-18(19-20(31-15)24-14-27(22(19)29)8-5-13-30-2)21(28)26-11-9-25(10-12-26)17-7-4-3-6-16(17)23/h3-4,6-7,14H,5,8-13H2,1-2H3. The minimum Gasteiger partial charge on any atom is -0.442 e. The molecule has 1 aromatic carbocycles. The van der Waals surface area contributed by atoms with Crippen molar-refractivity contribution in [3.8, 4) is 0 Å². The van der Waals surface area contributed by atoms with Crippen LogP contribution in [0.5, 0.6) is 0 Å². The molecule has 3 aromatic rings. The Morgan fingerprint density at radius 2 is 1.97 bits per heavy atom. The molecule has 2 aromatic heterocycles. The lowest BCUT2D eigenvalue weighted by molar-refractivity contribution is 0.0746. The number of carbonyl (C=O) groups excluding carboxylic acids is 1. The van der Waals surface area contributed by atoms with E-state index in [0.717, 1.165) is 0 Å². The predicted octanol–water partition coefficient (Wildman–Crippen LogP) is 2.44. The Bertz CT molecular complexity index is 1150. The molecule has 0 bridgehead atoms. The van der Waals surface area contributed by atoms with Gasteiger partial charge in [0.2, 0.25) is 5.71 Å². The number of anilines is 1. The number of furan rings is 1. The molecule has 0 radical (unpaired) electrons. The number of hydrogen-bond acceptors (Lipinski definition) is 6. The Hall–Kier alpha value is -3.20. The van der Waals surface area contributed by atoms with Crippen LogP contribution in [0.15, 0.2) is 39.8 Å². The third-order valence-corrected chi connectivity index (χ3v) is 5.58. The average molecular weight is 428 g/mol. The van der Waals surface area contributed by atoms with Crippen LogP contribution in [0.1, 0.15) is 22.5 Å². The Balaban J connectivity index is 1.57. The van der Waals surface area contributed by atoms with Crippen molar-refractivity contribution < 1.29 is 18.3 Å². The molecular formula is C22H25FN4O4. The number of methoxy groups -OCH3 is 1. The van der Waals surface area contributed by atoms with Gasteiger partial charge in [0.1, 0.15) is 23.3 Å². The molecule has 9 heteroatoms. The zero-order chi connectivity index (χ0) is 22.0. The second kappa shape index (κ2) is 8.89. The molecule has 1 aliphatic heterocycles. The van der Waals surface area contributed by atoms with E-state index in [-0.39, 0.29) is 33.9 Å². The van der Waals surface area contributed by atoms with Gasteiger partial charge in [0.05, 0.1) is 11.3 Å². The highest BCUT2D eigenvalue weighted by Gasteiger charge is 2.29.